The van der Waals surface area contributed by atoms with Crippen molar-refractivity contribution in [1.29, 1.82) is 0 Å². The minimum absolute atomic E-state index is 0.0333. The number of carbonyl (C=O) groups is 2. The lowest BCUT2D eigenvalue weighted by Gasteiger charge is -2.31. The van der Waals surface area contributed by atoms with Crippen LogP contribution in [0.3, 0.4) is 0 Å². The Balaban J connectivity index is 1.42. The lowest BCUT2D eigenvalue weighted by molar-refractivity contribution is -1.00. The molecular weight excluding hydrogens is 400 g/mol. The summed E-state index contributed by atoms with van der Waals surface area (Å²) in [6, 6.07) is 17.4. The van der Waals surface area contributed by atoms with Crippen LogP contribution in [0.15, 0.2) is 54.6 Å². The molecule has 0 aromatic heterocycles. The number of piperazine rings is 1. The number of hydrogen-bond donors (Lipinski definition) is 3. The van der Waals surface area contributed by atoms with Crippen molar-refractivity contribution >= 4 is 29.1 Å². The van der Waals surface area contributed by atoms with Crippen LogP contribution < -0.4 is 15.1 Å². The topological polar surface area (TPSA) is 58.3 Å². The molecule has 30 heavy (non-hydrogen) atoms. The van der Waals surface area contributed by atoms with E-state index in [0.717, 1.165) is 31.7 Å². The second-order valence-electron chi connectivity index (χ2n) is 7.97. The van der Waals surface area contributed by atoms with Crippen LogP contribution in [0.5, 0.6) is 0 Å². The summed E-state index contributed by atoms with van der Waals surface area (Å²) in [5.41, 5.74) is 1.79. The van der Waals surface area contributed by atoms with Crippen molar-refractivity contribution in [1.82, 2.24) is 4.90 Å². The molecule has 3 rings (SSSR count). The van der Waals surface area contributed by atoms with E-state index in [4.69, 9.17) is 11.6 Å². The number of halogens is 1. The fourth-order valence-electron chi connectivity index (χ4n) is 3.80. The van der Waals surface area contributed by atoms with Crippen LogP contribution in [0.1, 0.15) is 18.5 Å². The number of amides is 2. The molecule has 0 spiro atoms. The first-order valence-electron chi connectivity index (χ1n) is 10.5. The van der Waals surface area contributed by atoms with Gasteiger partial charge in [-0.25, -0.2) is 0 Å². The zero-order valence-electron chi connectivity index (χ0n) is 17.7. The van der Waals surface area contributed by atoms with Gasteiger partial charge in [0.1, 0.15) is 26.2 Å². The zero-order valence-corrected chi connectivity index (χ0v) is 18.4. The highest BCUT2D eigenvalue weighted by molar-refractivity contribution is 6.33. The van der Waals surface area contributed by atoms with Crippen molar-refractivity contribution in [2.45, 2.75) is 13.0 Å². The SMILES string of the molecule is C[C@@H](c1ccccc1)N(C)C(=O)C[NH+]1CC[NH+](CC(=O)Nc2ccccc2Cl)CC1. The molecule has 0 bridgehead atoms. The molecular formula is C23H31ClN4O2+2. The van der Waals surface area contributed by atoms with Crippen molar-refractivity contribution < 1.29 is 19.4 Å². The maximum atomic E-state index is 12.7. The highest BCUT2D eigenvalue weighted by Gasteiger charge is 2.28. The van der Waals surface area contributed by atoms with Crippen LogP contribution in [0, 0.1) is 0 Å². The number of nitrogens with zero attached hydrogens (tertiary/aromatic N) is 1. The van der Waals surface area contributed by atoms with Gasteiger partial charge >= 0.3 is 0 Å². The van der Waals surface area contributed by atoms with E-state index in [1.807, 2.05) is 42.3 Å². The number of quaternary nitrogens is 2. The van der Waals surface area contributed by atoms with E-state index in [9.17, 15) is 9.59 Å². The molecule has 1 heterocycles. The van der Waals surface area contributed by atoms with Crippen molar-refractivity contribution in [3.63, 3.8) is 0 Å². The van der Waals surface area contributed by atoms with Crippen LogP contribution >= 0.6 is 11.6 Å². The molecule has 6 nitrogen and oxygen atoms in total. The Kier molecular flexibility index (Phi) is 7.85. The van der Waals surface area contributed by atoms with E-state index in [-0.39, 0.29) is 17.9 Å². The summed E-state index contributed by atoms with van der Waals surface area (Å²) in [5.74, 6) is 0.121. The smallest absolute Gasteiger partial charge is 0.279 e. The average Bonchev–Trinajstić information content (AvgIpc) is 2.76. The van der Waals surface area contributed by atoms with Crippen LogP contribution in [0.25, 0.3) is 0 Å². The lowest BCUT2D eigenvalue weighted by Crippen LogP contribution is -3.28. The van der Waals surface area contributed by atoms with Crippen molar-refractivity contribution in [2.24, 2.45) is 0 Å². The third-order valence-electron chi connectivity index (χ3n) is 5.88. The van der Waals surface area contributed by atoms with Crippen LogP contribution in [-0.4, -0.2) is 63.0 Å². The number of benzene rings is 2. The molecule has 0 unspecified atom stereocenters. The quantitative estimate of drug-likeness (QED) is 0.591. The Morgan fingerprint density at radius 3 is 2.17 bits per heavy atom. The zero-order chi connectivity index (χ0) is 21.5. The molecule has 2 aromatic carbocycles. The van der Waals surface area contributed by atoms with E-state index in [2.05, 4.69) is 24.4 Å². The van der Waals surface area contributed by atoms with Gasteiger partial charge in [-0.3, -0.25) is 9.59 Å². The van der Waals surface area contributed by atoms with E-state index in [1.165, 1.54) is 9.80 Å². The number of rotatable bonds is 7. The third kappa shape index (κ3) is 6.05. The van der Waals surface area contributed by atoms with Crippen LogP contribution in [-0.2, 0) is 9.59 Å². The van der Waals surface area contributed by atoms with Crippen molar-refractivity contribution in [3.05, 3.63) is 65.2 Å². The minimum atomic E-state index is -0.0333. The molecule has 0 aliphatic carbocycles. The summed E-state index contributed by atoms with van der Waals surface area (Å²) in [5, 5.41) is 3.43. The highest BCUT2D eigenvalue weighted by Crippen LogP contribution is 2.20. The largest absolute Gasteiger partial charge is 0.334 e. The summed E-state index contributed by atoms with van der Waals surface area (Å²) < 4.78 is 0. The lowest BCUT2D eigenvalue weighted by atomic mass is 10.1. The summed E-state index contributed by atoms with van der Waals surface area (Å²) in [6.45, 7) is 6.47. The maximum Gasteiger partial charge on any atom is 0.279 e. The van der Waals surface area contributed by atoms with Crippen molar-refractivity contribution in [3.8, 4) is 0 Å². The number of likely N-dealkylation sites (N-methyl/N-ethyl adjacent to an activating group) is 1. The molecule has 1 fully saturated rings. The Morgan fingerprint density at radius 2 is 1.53 bits per heavy atom. The molecule has 1 atom stereocenters. The summed E-state index contributed by atoms with van der Waals surface area (Å²) in [4.78, 5) is 29.4. The molecule has 1 saturated heterocycles. The van der Waals surface area contributed by atoms with Crippen molar-refractivity contribution in [2.75, 3.05) is 51.6 Å². The van der Waals surface area contributed by atoms with Gasteiger partial charge in [0.2, 0.25) is 0 Å². The molecule has 0 saturated carbocycles. The average molecular weight is 431 g/mol. The number of para-hydroxylation sites is 1. The fourth-order valence-corrected chi connectivity index (χ4v) is 3.99. The van der Waals surface area contributed by atoms with Gasteiger partial charge < -0.3 is 20.0 Å². The molecule has 160 valence electrons. The molecule has 0 radical (unpaired) electrons. The number of anilines is 1. The van der Waals surface area contributed by atoms with Gasteiger partial charge in [0.25, 0.3) is 11.8 Å². The second-order valence-corrected chi connectivity index (χ2v) is 8.38. The van der Waals surface area contributed by atoms with Gasteiger partial charge in [-0.05, 0) is 24.6 Å². The fraction of sp³-hybridized carbons (Fsp3) is 0.391. The maximum absolute atomic E-state index is 12.7. The molecule has 1 aliphatic heterocycles. The number of carbonyl (C=O) groups excluding carboxylic acids is 2. The van der Waals surface area contributed by atoms with Gasteiger partial charge in [-0.15, -0.1) is 0 Å². The van der Waals surface area contributed by atoms with E-state index < -0.39 is 0 Å². The monoisotopic (exact) mass is 430 g/mol. The molecule has 2 aromatic rings. The summed E-state index contributed by atoms with van der Waals surface area (Å²) in [7, 11) is 1.87. The predicted molar refractivity (Wildman–Crippen MR) is 119 cm³/mol. The van der Waals surface area contributed by atoms with Gasteiger partial charge in [0.15, 0.2) is 13.1 Å². The molecule has 3 N–H and O–H groups in total. The Bertz CT molecular complexity index is 853. The number of hydrogen-bond acceptors (Lipinski definition) is 2. The van der Waals surface area contributed by atoms with Gasteiger partial charge in [-0.1, -0.05) is 54.1 Å². The third-order valence-corrected chi connectivity index (χ3v) is 6.21. The Hall–Kier alpha value is -2.41. The van der Waals surface area contributed by atoms with E-state index in [0.29, 0.717) is 23.8 Å². The predicted octanol–water partition coefficient (Wildman–Crippen LogP) is 0.282. The first-order valence-corrected chi connectivity index (χ1v) is 10.8. The Morgan fingerprint density at radius 1 is 0.967 bits per heavy atom. The van der Waals surface area contributed by atoms with Gasteiger partial charge in [0.05, 0.1) is 16.8 Å². The summed E-state index contributed by atoms with van der Waals surface area (Å²) >= 11 is 6.10. The number of nitrogens with one attached hydrogen (secondary N) is 3. The van der Waals surface area contributed by atoms with Gasteiger partial charge in [0, 0.05) is 7.05 Å². The second kappa shape index (κ2) is 10.6. The summed E-state index contributed by atoms with van der Waals surface area (Å²) in [6.07, 6.45) is 0. The molecule has 2 amide bonds. The van der Waals surface area contributed by atoms with Crippen LogP contribution in [0.4, 0.5) is 5.69 Å². The van der Waals surface area contributed by atoms with E-state index in [1.54, 1.807) is 12.1 Å². The first-order chi connectivity index (χ1) is 14.4. The first kappa shape index (κ1) is 22.3. The normalized spacial score (nSPS) is 19.7. The molecule has 1 aliphatic rings. The molecule has 7 heteroatoms. The van der Waals surface area contributed by atoms with E-state index >= 15 is 0 Å². The Labute approximate surface area is 183 Å². The van der Waals surface area contributed by atoms with Gasteiger partial charge in [-0.2, -0.15) is 0 Å². The minimum Gasteiger partial charge on any atom is -0.334 e. The van der Waals surface area contributed by atoms with Crippen LogP contribution in [0.2, 0.25) is 5.02 Å². The standard InChI is InChI=1S/C23H29ClN4O2/c1-18(19-8-4-3-5-9-19)26(2)23(30)17-28-14-12-27(13-15-28)16-22(29)25-21-11-7-6-10-20(21)24/h3-11,18H,12-17H2,1-2H3,(H,25,29)/p+2/t18-/m0/s1. The highest BCUT2D eigenvalue weighted by atomic mass is 35.5.